The number of hydrogen-bond acceptors (Lipinski definition) is 1. The molecule has 0 amide bonds. The normalized spacial score (nSPS) is 12.5. The minimum atomic E-state index is -0.279. The van der Waals surface area contributed by atoms with Crippen molar-refractivity contribution in [1.29, 1.82) is 0 Å². The molecule has 2 aromatic rings. The molecule has 0 bridgehead atoms. The van der Waals surface area contributed by atoms with Crippen molar-refractivity contribution in [3.05, 3.63) is 70.0 Å². The number of rotatable bonds is 2. The van der Waals surface area contributed by atoms with Crippen LogP contribution in [0.1, 0.15) is 33.9 Å². The van der Waals surface area contributed by atoms with Gasteiger partial charge >= 0.3 is 0 Å². The summed E-state index contributed by atoms with van der Waals surface area (Å²) in [5.41, 5.74) is 11.4. The molecule has 0 saturated carbocycles. The van der Waals surface area contributed by atoms with Crippen LogP contribution in [0.5, 0.6) is 0 Å². The lowest BCUT2D eigenvalue weighted by atomic mass is 9.95. The van der Waals surface area contributed by atoms with E-state index >= 15 is 0 Å². The van der Waals surface area contributed by atoms with Crippen molar-refractivity contribution in [2.75, 3.05) is 0 Å². The lowest BCUT2D eigenvalue weighted by Gasteiger charge is -2.15. The van der Waals surface area contributed by atoms with E-state index < -0.39 is 0 Å². The smallest absolute Gasteiger partial charge is 0.123 e. The number of hydrogen-bond donors (Lipinski definition) is 1. The van der Waals surface area contributed by atoms with Crippen molar-refractivity contribution in [2.45, 2.75) is 26.8 Å². The van der Waals surface area contributed by atoms with E-state index in [2.05, 4.69) is 26.0 Å². The zero-order valence-corrected chi connectivity index (χ0v) is 11.0. The highest BCUT2D eigenvalue weighted by Gasteiger charge is 2.11. The maximum absolute atomic E-state index is 13.4. The van der Waals surface area contributed by atoms with E-state index in [0.29, 0.717) is 0 Å². The zero-order chi connectivity index (χ0) is 13.3. The first-order valence-electron chi connectivity index (χ1n) is 6.07. The Balaban J connectivity index is 2.40. The Morgan fingerprint density at radius 3 is 2.22 bits per heavy atom. The Morgan fingerprint density at radius 1 is 0.889 bits per heavy atom. The first-order chi connectivity index (χ1) is 8.47. The molecule has 18 heavy (non-hydrogen) atoms. The second-order valence-corrected chi connectivity index (χ2v) is 4.88. The summed E-state index contributed by atoms with van der Waals surface area (Å²) in [5.74, 6) is -0.232. The van der Waals surface area contributed by atoms with Gasteiger partial charge in [-0.15, -0.1) is 0 Å². The molecule has 0 heterocycles. The third kappa shape index (κ3) is 2.59. The van der Waals surface area contributed by atoms with Gasteiger partial charge in [0, 0.05) is 0 Å². The third-order valence-electron chi connectivity index (χ3n) is 3.31. The maximum atomic E-state index is 13.4. The second kappa shape index (κ2) is 4.91. The van der Waals surface area contributed by atoms with Crippen LogP contribution in [-0.2, 0) is 0 Å². The average Bonchev–Trinajstić information content (AvgIpc) is 2.30. The molecule has 2 rings (SSSR count). The molecule has 0 aliphatic carbocycles. The Hall–Kier alpha value is -1.67. The largest absolute Gasteiger partial charge is 0.320 e. The van der Waals surface area contributed by atoms with E-state index in [0.717, 1.165) is 16.7 Å². The summed E-state index contributed by atoms with van der Waals surface area (Å²) >= 11 is 0. The van der Waals surface area contributed by atoms with E-state index in [1.165, 1.54) is 23.3 Å². The standard InChI is InChI=1S/C16H18FN/c1-10-6-14(9-15(17)7-10)16(18)13-5-4-11(2)12(3)8-13/h4-9,16H,18H2,1-3H3. The summed E-state index contributed by atoms with van der Waals surface area (Å²) in [6.07, 6.45) is 0. The van der Waals surface area contributed by atoms with E-state index in [-0.39, 0.29) is 11.9 Å². The predicted octanol–water partition coefficient (Wildman–Crippen LogP) is 3.80. The van der Waals surface area contributed by atoms with Crippen molar-refractivity contribution in [1.82, 2.24) is 0 Å². The van der Waals surface area contributed by atoms with Crippen LogP contribution < -0.4 is 5.73 Å². The fourth-order valence-electron chi connectivity index (χ4n) is 2.09. The van der Waals surface area contributed by atoms with Gasteiger partial charge in [-0.1, -0.05) is 24.3 Å². The molecular weight excluding hydrogens is 225 g/mol. The number of halogens is 1. The van der Waals surface area contributed by atoms with Gasteiger partial charge in [0.15, 0.2) is 0 Å². The van der Waals surface area contributed by atoms with Crippen molar-refractivity contribution in [3.63, 3.8) is 0 Å². The first kappa shape index (κ1) is 12.8. The van der Waals surface area contributed by atoms with Gasteiger partial charge < -0.3 is 5.73 Å². The topological polar surface area (TPSA) is 26.0 Å². The van der Waals surface area contributed by atoms with Crippen molar-refractivity contribution in [3.8, 4) is 0 Å². The maximum Gasteiger partial charge on any atom is 0.123 e. The van der Waals surface area contributed by atoms with Crippen LogP contribution >= 0.6 is 0 Å². The van der Waals surface area contributed by atoms with Gasteiger partial charge in [-0.05, 0) is 60.7 Å². The van der Waals surface area contributed by atoms with Gasteiger partial charge in [-0.2, -0.15) is 0 Å². The summed E-state index contributed by atoms with van der Waals surface area (Å²) in [7, 11) is 0. The highest BCUT2D eigenvalue weighted by atomic mass is 19.1. The van der Waals surface area contributed by atoms with Gasteiger partial charge in [0.05, 0.1) is 6.04 Å². The zero-order valence-electron chi connectivity index (χ0n) is 11.0. The lowest BCUT2D eigenvalue weighted by molar-refractivity contribution is 0.622. The number of benzene rings is 2. The van der Waals surface area contributed by atoms with E-state index in [4.69, 9.17) is 5.73 Å². The predicted molar refractivity (Wildman–Crippen MR) is 73.1 cm³/mol. The van der Waals surface area contributed by atoms with Crippen LogP contribution in [0.3, 0.4) is 0 Å². The molecule has 0 radical (unpaired) electrons. The molecule has 2 aromatic carbocycles. The number of aryl methyl sites for hydroxylation is 3. The van der Waals surface area contributed by atoms with Crippen LogP contribution in [0.25, 0.3) is 0 Å². The molecule has 2 heteroatoms. The van der Waals surface area contributed by atoms with Crippen LogP contribution in [0, 0.1) is 26.6 Å². The monoisotopic (exact) mass is 243 g/mol. The molecule has 0 aliphatic heterocycles. The van der Waals surface area contributed by atoms with Gasteiger partial charge in [-0.3, -0.25) is 0 Å². The third-order valence-corrected chi connectivity index (χ3v) is 3.31. The Kier molecular flexibility index (Phi) is 3.48. The molecule has 1 nitrogen and oxygen atoms in total. The Morgan fingerprint density at radius 2 is 1.61 bits per heavy atom. The van der Waals surface area contributed by atoms with Gasteiger partial charge in [0.1, 0.15) is 5.82 Å². The summed E-state index contributed by atoms with van der Waals surface area (Å²) in [4.78, 5) is 0. The van der Waals surface area contributed by atoms with Crippen LogP contribution in [-0.4, -0.2) is 0 Å². The van der Waals surface area contributed by atoms with E-state index in [9.17, 15) is 4.39 Å². The second-order valence-electron chi connectivity index (χ2n) is 4.88. The van der Waals surface area contributed by atoms with Crippen molar-refractivity contribution >= 4 is 0 Å². The molecule has 0 aliphatic rings. The minimum absolute atomic E-state index is 0.232. The highest BCUT2D eigenvalue weighted by Crippen LogP contribution is 2.23. The molecule has 0 spiro atoms. The fraction of sp³-hybridized carbons (Fsp3) is 0.250. The minimum Gasteiger partial charge on any atom is -0.320 e. The van der Waals surface area contributed by atoms with Gasteiger partial charge in [0.2, 0.25) is 0 Å². The van der Waals surface area contributed by atoms with Crippen LogP contribution in [0.15, 0.2) is 36.4 Å². The molecule has 1 atom stereocenters. The molecule has 2 N–H and O–H groups in total. The fourth-order valence-corrected chi connectivity index (χ4v) is 2.09. The molecule has 0 fully saturated rings. The summed E-state index contributed by atoms with van der Waals surface area (Å²) in [6.45, 7) is 6.00. The van der Waals surface area contributed by atoms with Gasteiger partial charge in [0.25, 0.3) is 0 Å². The van der Waals surface area contributed by atoms with Crippen molar-refractivity contribution < 1.29 is 4.39 Å². The highest BCUT2D eigenvalue weighted by molar-refractivity contribution is 5.38. The molecular formula is C16H18FN. The van der Waals surface area contributed by atoms with Crippen LogP contribution in [0.4, 0.5) is 4.39 Å². The van der Waals surface area contributed by atoms with Crippen LogP contribution in [0.2, 0.25) is 0 Å². The SMILES string of the molecule is Cc1cc(F)cc(C(N)c2ccc(C)c(C)c2)c1. The van der Waals surface area contributed by atoms with E-state index in [1.807, 2.05) is 19.1 Å². The average molecular weight is 243 g/mol. The molecule has 0 aromatic heterocycles. The first-order valence-corrected chi connectivity index (χ1v) is 6.07. The molecule has 0 saturated heterocycles. The summed E-state index contributed by atoms with van der Waals surface area (Å²) < 4.78 is 13.4. The van der Waals surface area contributed by atoms with E-state index in [1.54, 1.807) is 0 Å². The summed E-state index contributed by atoms with van der Waals surface area (Å²) in [5, 5.41) is 0. The Bertz CT molecular complexity index is 555. The van der Waals surface area contributed by atoms with Crippen molar-refractivity contribution in [2.24, 2.45) is 5.73 Å². The Labute approximate surface area is 107 Å². The summed E-state index contributed by atoms with van der Waals surface area (Å²) in [6, 6.07) is 10.8. The lowest BCUT2D eigenvalue weighted by Crippen LogP contribution is -2.12. The van der Waals surface area contributed by atoms with Gasteiger partial charge in [-0.25, -0.2) is 4.39 Å². The number of nitrogens with two attached hydrogens (primary N) is 1. The molecule has 94 valence electrons. The molecule has 1 unspecified atom stereocenters. The quantitative estimate of drug-likeness (QED) is 0.853.